The molecule has 0 bridgehead atoms. The number of carbonyl (C=O) groups excluding carboxylic acids is 2. The molecule has 4 nitrogen and oxygen atoms in total. The summed E-state index contributed by atoms with van der Waals surface area (Å²) in [6.07, 6.45) is 0. The lowest BCUT2D eigenvalue weighted by molar-refractivity contribution is -0.124. The molecule has 0 N–H and O–H groups in total. The summed E-state index contributed by atoms with van der Waals surface area (Å²) in [4.78, 5) is 29.0. The first-order valence-electron chi connectivity index (χ1n) is 8.02. The van der Waals surface area contributed by atoms with Crippen molar-refractivity contribution in [3.63, 3.8) is 0 Å². The predicted octanol–water partition coefficient (Wildman–Crippen LogP) is 4.29. The number of nitrogens with zero attached hydrogens (tertiary/aromatic N) is 2. The molecular weight excluding hydrogens is 404 g/mol. The van der Waals surface area contributed by atoms with E-state index in [9.17, 15) is 9.59 Å². The molecule has 0 aromatic heterocycles. The fourth-order valence-electron chi connectivity index (χ4n) is 3.02. The number of aryl methyl sites for hydroxylation is 1. The molecule has 2 aromatic carbocycles. The van der Waals surface area contributed by atoms with Gasteiger partial charge < -0.3 is 9.80 Å². The van der Waals surface area contributed by atoms with Gasteiger partial charge in [0.1, 0.15) is 6.04 Å². The molecule has 0 spiro atoms. The minimum Gasteiger partial charge on any atom is -0.325 e. The number of hydrogen-bond acceptors (Lipinski definition) is 2. The maximum absolute atomic E-state index is 12.9. The molecular formula is C19H18BrClN2O2. The summed E-state index contributed by atoms with van der Waals surface area (Å²) in [6.45, 7) is 4.65. The normalized spacial score (nSPS) is 17.8. The number of carbonyl (C=O) groups is 2. The van der Waals surface area contributed by atoms with Crippen LogP contribution in [0.5, 0.6) is 0 Å². The molecule has 1 atom stereocenters. The van der Waals surface area contributed by atoms with Crippen LogP contribution >= 0.6 is 27.5 Å². The standard InChI is InChI=1S/C19H18BrClN2O2/c1-12-3-8-16(21)11-17(12)23-10-9-22(13(2)18(23)24)19(25)14-4-6-15(20)7-5-14/h3-8,11,13H,9-10H2,1-2H3. The van der Waals surface area contributed by atoms with Gasteiger partial charge in [0.05, 0.1) is 0 Å². The van der Waals surface area contributed by atoms with Gasteiger partial charge in [-0.2, -0.15) is 0 Å². The monoisotopic (exact) mass is 420 g/mol. The van der Waals surface area contributed by atoms with Crippen LogP contribution < -0.4 is 4.90 Å². The molecule has 2 amide bonds. The van der Waals surface area contributed by atoms with Crippen molar-refractivity contribution in [1.82, 2.24) is 4.90 Å². The summed E-state index contributed by atoms with van der Waals surface area (Å²) in [6, 6.07) is 12.2. The molecule has 1 fully saturated rings. The quantitative estimate of drug-likeness (QED) is 0.726. The van der Waals surface area contributed by atoms with Gasteiger partial charge in [-0.15, -0.1) is 0 Å². The Morgan fingerprint density at radius 1 is 1.16 bits per heavy atom. The van der Waals surface area contributed by atoms with Crippen molar-refractivity contribution < 1.29 is 9.59 Å². The predicted molar refractivity (Wildman–Crippen MR) is 103 cm³/mol. The number of anilines is 1. The third-order valence-corrected chi connectivity index (χ3v) is 5.23. The zero-order chi connectivity index (χ0) is 18.1. The zero-order valence-corrected chi connectivity index (χ0v) is 16.3. The maximum atomic E-state index is 12.9. The van der Waals surface area contributed by atoms with Crippen LogP contribution in [0.15, 0.2) is 46.9 Å². The van der Waals surface area contributed by atoms with Crippen LogP contribution in [0, 0.1) is 6.92 Å². The van der Waals surface area contributed by atoms with Crippen LogP contribution in [0.3, 0.4) is 0 Å². The molecule has 1 aliphatic heterocycles. The van der Waals surface area contributed by atoms with Gasteiger partial charge in [-0.25, -0.2) is 0 Å². The first kappa shape index (κ1) is 18.0. The fraction of sp³-hybridized carbons (Fsp3) is 0.263. The topological polar surface area (TPSA) is 40.6 Å². The molecule has 3 rings (SSSR count). The van der Waals surface area contributed by atoms with Gasteiger partial charge >= 0.3 is 0 Å². The number of hydrogen-bond donors (Lipinski definition) is 0. The molecule has 130 valence electrons. The summed E-state index contributed by atoms with van der Waals surface area (Å²) < 4.78 is 0.912. The van der Waals surface area contributed by atoms with Gasteiger partial charge in [0, 0.05) is 33.8 Å². The van der Waals surface area contributed by atoms with Crippen LogP contribution in [0.25, 0.3) is 0 Å². The molecule has 1 aliphatic rings. The third-order valence-electron chi connectivity index (χ3n) is 4.47. The molecule has 2 aromatic rings. The molecule has 6 heteroatoms. The summed E-state index contributed by atoms with van der Waals surface area (Å²) in [7, 11) is 0. The van der Waals surface area contributed by atoms with E-state index in [1.807, 2.05) is 31.2 Å². The van der Waals surface area contributed by atoms with E-state index in [0.717, 1.165) is 15.7 Å². The average molecular weight is 422 g/mol. The van der Waals surface area contributed by atoms with E-state index in [4.69, 9.17) is 11.6 Å². The highest BCUT2D eigenvalue weighted by molar-refractivity contribution is 9.10. The molecule has 0 aliphatic carbocycles. The Balaban J connectivity index is 1.83. The highest BCUT2D eigenvalue weighted by atomic mass is 79.9. The van der Waals surface area contributed by atoms with Gasteiger partial charge in [0.2, 0.25) is 5.91 Å². The van der Waals surface area contributed by atoms with Crippen LogP contribution in [-0.2, 0) is 4.79 Å². The first-order chi connectivity index (χ1) is 11.9. The molecule has 0 radical (unpaired) electrons. The van der Waals surface area contributed by atoms with Crippen LogP contribution in [0.2, 0.25) is 5.02 Å². The maximum Gasteiger partial charge on any atom is 0.254 e. The van der Waals surface area contributed by atoms with Crippen molar-refractivity contribution in [3.8, 4) is 0 Å². The van der Waals surface area contributed by atoms with Crippen molar-refractivity contribution in [2.75, 3.05) is 18.0 Å². The van der Waals surface area contributed by atoms with E-state index in [0.29, 0.717) is 23.7 Å². The van der Waals surface area contributed by atoms with Gasteiger partial charge in [-0.3, -0.25) is 9.59 Å². The van der Waals surface area contributed by atoms with Gasteiger partial charge in [-0.05, 0) is 55.8 Å². The van der Waals surface area contributed by atoms with E-state index in [1.54, 1.807) is 34.9 Å². The number of amides is 2. The Hall–Kier alpha value is -1.85. The zero-order valence-electron chi connectivity index (χ0n) is 14.0. The second-order valence-corrected chi connectivity index (χ2v) is 7.45. The SMILES string of the molecule is Cc1ccc(Cl)cc1N1CCN(C(=O)c2ccc(Br)cc2)C(C)C1=O. The van der Waals surface area contributed by atoms with Crippen molar-refractivity contribution >= 4 is 45.0 Å². The molecule has 25 heavy (non-hydrogen) atoms. The number of halogens is 2. The van der Waals surface area contributed by atoms with E-state index in [1.165, 1.54) is 0 Å². The second-order valence-electron chi connectivity index (χ2n) is 6.10. The lowest BCUT2D eigenvalue weighted by Gasteiger charge is -2.39. The Bertz CT molecular complexity index is 823. The van der Waals surface area contributed by atoms with Gasteiger partial charge in [-0.1, -0.05) is 33.6 Å². The van der Waals surface area contributed by atoms with Gasteiger partial charge in [0.15, 0.2) is 0 Å². The number of rotatable bonds is 2. The largest absolute Gasteiger partial charge is 0.325 e. The van der Waals surface area contributed by atoms with Crippen molar-refractivity contribution in [2.45, 2.75) is 19.9 Å². The highest BCUT2D eigenvalue weighted by Crippen LogP contribution is 2.28. The number of piperazine rings is 1. The minimum absolute atomic E-state index is 0.0953. The molecule has 1 saturated heterocycles. The highest BCUT2D eigenvalue weighted by Gasteiger charge is 2.35. The number of benzene rings is 2. The van der Waals surface area contributed by atoms with Crippen LogP contribution in [0.1, 0.15) is 22.8 Å². The Morgan fingerprint density at radius 3 is 2.52 bits per heavy atom. The smallest absolute Gasteiger partial charge is 0.254 e. The Morgan fingerprint density at radius 2 is 1.84 bits per heavy atom. The fourth-order valence-corrected chi connectivity index (χ4v) is 3.45. The Kier molecular flexibility index (Phi) is 5.16. The van der Waals surface area contributed by atoms with Crippen LogP contribution in [0.4, 0.5) is 5.69 Å². The van der Waals surface area contributed by atoms with Crippen molar-refractivity contribution in [2.24, 2.45) is 0 Å². The first-order valence-corrected chi connectivity index (χ1v) is 9.19. The van der Waals surface area contributed by atoms with Crippen molar-refractivity contribution in [3.05, 3.63) is 63.1 Å². The van der Waals surface area contributed by atoms with Gasteiger partial charge in [0.25, 0.3) is 5.91 Å². The summed E-state index contributed by atoms with van der Waals surface area (Å²) >= 11 is 9.45. The van der Waals surface area contributed by atoms with Crippen LogP contribution in [-0.4, -0.2) is 35.8 Å². The molecule has 1 unspecified atom stereocenters. The molecule has 0 saturated carbocycles. The molecule has 1 heterocycles. The third kappa shape index (κ3) is 3.58. The second kappa shape index (κ2) is 7.18. The minimum atomic E-state index is -0.525. The Labute approximate surface area is 160 Å². The lowest BCUT2D eigenvalue weighted by Crippen LogP contribution is -2.57. The average Bonchev–Trinajstić information content (AvgIpc) is 2.60. The van der Waals surface area contributed by atoms with E-state index < -0.39 is 6.04 Å². The van der Waals surface area contributed by atoms with E-state index in [2.05, 4.69) is 15.9 Å². The lowest BCUT2D eigenvalue weighted by atomic mass is 10.1. The van der Waals surface area contributed by atoms with Crippen molar-refractivity contribution in [1.29, 1.82) is 0 Å². The summed E-state index contributed by atoms with van der Waals surface area (Å²) in [5.74, 6) is -0.224. The van der Waals surface area contributed by atoms with E-state index >= 15 is 0 Å². The summed E-state index contributed by atoms with van der Waals surface area (Å²) in [5, 5.41) is 0.592. The van der Waals surface area contributed by atoms with E-state index in [-0.39, 0.29) is 11.8 Å². The summed E-state index contributed by atoms with van der Waals surface area (Å²) in [5.41, 5.74) is 2.37.